The lowest BCUT2D eigenvalue weighted by Gasteiger charge is -2.34. The molecule has 3 N–H and O–H groups in total. The minimum absolute atomic E-state index is 0.121. The molecule has 0 heterocycles. The number of nitrogens with zero attached hydrogens (tertiary/aromatic N) is 1. The Morgan fingerprint density at radius 2 is 1.71 bits per heavy atom. The highest BCUT2D eigenvalue weighted by molar-refractivity contribution is 5.92. The highest BCUT2D eigenvalue weighted by Crippen LogP contribution is 2.25. The Hall–Kier alpha value is -2.61. The van der Waals surface area contributed by atoms with Crippen molar-refractivity contribution in [3.63, 3.8) is 0 Å². The zero-order chi connectivity index (χ0) is 26.6. The van der Waals surface area contributed by atoms with Crippen LogP contribution in [0.15, 0.2) is 24.3 Å². The smallest absolute Gasteiger partial charge is 0.408 e. The third-order valence-electron chi connectivity index (χ3n) is 5.31. The van der Waals surface area contributed by atoms with Crippen molar-refractivity contribution in [1.82, 2.24) is 15.5 Å². The van der Waals surface area contributed by atoms with Crippen LogP contribution in [0.3, 0.4) is 0 Å². The molecule has 35 heavy (non-hydrogen) atoms. The van der Waals surface area contributed by atoms with Gasteiger partial charge in [0.15, 0.2) is 0 Å². The second-order valence-electron chi connectivity index (χ2n) is 10.3. The van der Waals surface area contributed by atoms with Crippen LogP contribution < -0.4 is 10.6 Å². The fourth-order valence-corrected chi connectivity index (χ4v) is 3.76. The summed E-state index contributed by atoms with van der Waals surface area (Å²) in [7, 11) is 0. The molecular weight excluding hydrogens is 446 g/mol. The summed E-state index contributed by atoms with van der Waals surface area (Å²) >= 11 is 0. The molecule has 0 aliphatic rings. The van der Waals surface area contributed by atoms with Gasteiger partial charge in [-0.15, -0.1) is 0 Å². The topological polar surface area (TPSA) is 108 Å². The number of hydrogen-bond donors (Lipinski definition) is 3. The van der Waals surface area contributed by atoms with E-state index in [-0.39, 0.29) is 11.9 Å². The van der Waals surface area contributed by atoms with Gasteiger partial charge in [-0.1, -0.05) is 62.4 Å². The monoisotopic (exact) mass is 491 g/mol. The Bertz CT molecular complexity index is 819. The summed E-state index contributed by atoms with van der Waals surface area (Å²) in [6.07, 6.45) is 4.04. The summed E-state index contributed by atoms with van der Waals surface area (Å²) in [5.41, 5.74) is 0.887. The van der Waals surface area contributed by atoms with Crippen LogP contribution in [0, 0.1) is 6.92 Å². The molecule has 1 rings (SSSR count). The highest BCUT2D eigenvalue weighted by atomic mass is 16.6. The maximum absolute atomic E-state index is 13.7. The van der Waals surface area contributed by atoms with Gasteiger partial charge < -0.3 is 25.4 Å². The minimum Gasteiger partial charge on any atom is -0.444 e. The van der Waals surface area contributed by atoms with Gasteiger partial charge in [-0.25, -0.2) is 4.79 Å². The van der Waals surface area contributed by atoms with Gasteiger partial charge in [0.2, 0.25) is 11.8 Å². The summed E-state index contributed by atoms with van der Waals surface area (Å²) in [5.74, 6) is -0.833. The molecule has 198 valence electrons. The molecule has 3 amide bonds. The van der Waals surface area contributed by atoms with Gasteiger partial charge in [0.25, 0.3) is 0 Å². The van der Waals surface area contributed by atoms with Gasteiger partial charge >= 0.3 is 6.09 Å². The van der Waals surface area contributed by atoms with Crippen LogP contribution in [0.5, 0.6) is 0 Å². The van der Waals surface area contributed by atoms with E-state index in [4.69, 9.17) is 4.74 Å². The fourth-order valence-electron chi connectivity index (χ4n) is 3.76. The molecule has 2 unspecified atom stereocenters. The third kappa shape index (κ3) is 11.1. The first-order valence-electron chi connectivity index (χ1n) is 12.7. The van der Waals surface area contributed by atoms with E-state index in [2.05, 4.69) is 17.6 Å². The van der Waals surface area contributed by atoms with Crippen LogP contribution in [-0.2, 0) is 14.3 Å². The number of rotatable bonds is 13. The SMILES string of the molecule is CCCCCCCN(C(=O)C(CO)NC(=O)OC(C)(C)C)C(C(=O)NC(C)C)c1cccc(C)c1. The van der Waals surface area contributed by atoms with E-state index < -0.39 is 36.3 Å². The fraction of sp³-hybridized carbons (Fsp3) is 0.667. The summed E-state index contributed by atoms with van der Waals surface area (Å²) in [4.78, 5) is 40.9. The maximum Gasteiger partial charge on any atom is 0.408 e. The van der Waals surface area contributed by atoms with Gasteiger partial charge in [-0.2, -0.15) is 0 Å². The van der Waals surface area contributed by atoms with Crippen LogP contribution in [-0.4, -0.2) is 58.8 Å². The lowest BCUT2D eigenvalue weighted by atomic mass is 10.00. The molecule has 1 aromatic rings. The van der Waals surface area contributed by atoms with Crippen LogP contribution >= 0.6 is 0 Å². The summed E-state index contributed by atoms with van der Waals surface area (Å²) in [5, 5.41) is 15.4. The standard InChI is InChI=1S/C27H45N3O5/c1-8-9-10-11-12-16-30(25(33)22(18-31)29-26(34)35-27(5,6)7)23(24(32)28-19(2)3)21-15-13-14-20(4)17-21/h13-15,17,19,22-23,31H,8-12,16,18H2,1-7H3,(H,28,32)(H,29,34). The van der Waals surface area contributed by atoms with E-state index in [0.29, 0.717) is 18.5 Å². The van der Waals surface area contributed by atoms with Gasteiger partial charge in [-0.3, -0.25) is 9.59 Å². The molecule has 8 nitrogen and oxygen atoms in total. The van der Waals surface area contributed by atoms with Crippen molar-refractivity contribution in [2.45, 2.75) is 104 Å². The first kappa shape index (κ1) is 30.4. The number of amides is 3. The van der Waals surface area contributed by atoms with Crippen molar-refractivity contribution < 1.29 is 24.2 Å². The van der Waals surface area contributed by atoms with E-state index in [1.54, 1.807) is 20.8 Å². The summed E-state index contributed by atoms with van der Waals surface area (Å²) < 4.78 is 5.28. The number of carbonyl (C=O) groups is 3. The summed E-state index contributed by atoms with van der Waals surface area (Å²) in [6.45, 7) is 12.6. The Kier molecular flexibility index (Phi) is 12.8. The zero-order valence-electron chi connectivity index (χ0n) is 22.5. The average Bonchev–Trinajstić information content (AvgIpc) is 2.74. The Morgan fingerprint density at radius 1 is 1.06 bits per heavy atom. The van der Waals surface area contributed by atoms with Crippen LogP contribution in [0.1, 0.15) is 90.8 Å². The number of aryl methyl sites for hydroxylation is 1. The number of aliphatic hydroxyl groups is 1. The van der Waals surface area contributed by atoms with Crippen LogP contribution in [0.25, 0.3) is 0 Å². The molecule has 0 bridgehead atoms. The maximum atomic E-state index is 13.7. The van der Waals surface area contributed by atoms with E-state index in [0.717, 1.165) is 31.2 Å². The Labute approximate surface area is 210 Å². The number of carbonyl (C=O) groups excluding carboxylic acids is 3. The largest absolute Gasteiger partial charge is 0.444 e. The number of alkyl carbamates (subject to hydrolysis) is 1. The number of unbranched alkanes of at least 4 members (excludes halogenated alkanes) is 4. The molecule has 0 saturated carbocycles. The van der Waals surface area contributed by atoms with Crippen LogP contribution in [0.2, 0.25) is 0 Å². The molecule has 0 radical (unpaired) electrons. The molecule has 8 heteroatoms. The van der Waals surface area contributed by atoms with E-state index in [9.17, 15) is 19.5 Å². The molecule has 0 aliphatic heterocycles. The third-order valence-corrected chi connectivity index (χ3v) is 5.31. The van der Waals surface area contributed by atoms with Crippen molar-refractivity contribution in [1.29, 1.82) is 0 Å². The first-order chi connectivity index (χ1) is 16.4. The van der Waals surface area contributed by atoms with Gasteiger partial charge in [0.05, 0.1) is 6.61 Å². The second-order valence-corrected chi connectivity index (χ2v) is 10.3. The van der Waals surface area contributed by atoms with Crippen molar-refractivity contribution in [3.05, 3.63) is 35.4 Å². The Balaban J connectivity index is 3.33. The van der Waals surface area contributed by atoms with Crippen molar-refractivity contribution in [3.8, 4) is 0 Å². The number of aliphatic hydroxyl groups excluding tert-OH is 1. The predicted octanol–water partition coefficient (Wildman–Crippen LogP) is 4.25. The molecule has 1 aromatic carbocycles. The average molecular weight is 492 g/mol. The molecular formula is C27H45N3O5. The predicted molar refractivity (Wildman–Crippen MR) is 138 cm³/mol. The number of ether oxygens (including phenoxy) is 1. The molecule has 0 spiro atoms. The number of nitrogens with one attached hydrogen (secondary N) is 2. The molecule has 0 aromatic heterocycles. The quantitative estimate of drug-likeness (QED) is 0.358. The number of hydrogen-bond acceptors (Lipinski definition) is 5. The zero-order valence-corrected chi connectivity index (χ0v) is 22.5. The molecule has 2 atom stereocenters. The van der Waals surface area contributed by atoms with Crippen molar-refractivity contribution in [2.75, 3.05) is 13.2 Å². The Morgan fingerprint density at radius 3 is 2.26 bits per heavy atom. The lowest BCUT2D eigenvalue weighted by molar-refractivity contribution is -0.143. The van der Waals surface area contributed by atoms with Gasteiger partial charge in [0, 0.05) is 12.6 Å². The van der Waals surface area contributed by atoms with Gasteiger partial charge in [-0.05, 0) is 53.5 Å². The summed E-state index contributed by atoms with van der Waals surface area (Å²) in [6, 6.07) is 5.24. The first-order valence-corrected chi connectivity index (χ1v) is 12.7. The van der Waals surface area contributed by atoms with Crippen LogP contribution in [0.4, 0.5) is 4.79 Å². The van der Waals surface area contributed by atoms with E-state index in [1.807, 2.05) is 45.0 Å². The molecule has 0 fully saturated rings. The second kappa shape index (κ2) is 14.7. The van der Waals surface area contributed by atoms with Crippen molar-refractivity contribution in [2.24, 2.45) is 0 Å². The van der Waals surface area contributed by atoms with E-state index in [1.165, 1.54) is 4.90 Å². The number of benzene rings is 1. The van der Waals surface area contributed by atoms with Crippen molar-refractivity contribution >= 4 is 17.9 Å². The van der Waals surface area contributed by atoms with Gasteiger partial charge in [0.1, 0.15) is 17.7 Å². The lowest BCUT2D eigenvalue weighted by Crippen LogP contribution is -2.55. The highest BCUT2D eigenvalue weighted by Gasteiger charge is 2.36. The molecule has 0 aliphatic carbocycles. The van der Waals surface area contributed by atoms with E-state index >= 15 is 0 Å². The minimum atomic E-state index is -1.24. The molecule has 0 saturated heterocycles. The normalized spacial score (nSPS) is 13.2.